The molecule has 0 atom stereocenters. The number of pyridine rings is 1. The van der Waals surface area contributed by atoms with E-state index in [1.165, 1.54) is 28.3 Å². The Kier molecular flexibility index (Phi) is 5.02. The molecule has 5 nitrogen and oxygen atoms in total. The summed E-state index contributed by atoms with van der Waals surface area (Å²) in [7, 11) is 0. The molecule has 1 fully saturated rings. The molecule has 6 heteroatoms. The van der Waals surface area contributed by atoms with Crippen molar-refractivity contribution in [1.82, 2.24) is 14.3 Å². The molecule has 0 unspecified atom stereocenters. The van der Waals surface area contributed by atoms with Gasteiger partial charge in [-0.3, -0.25) is 4.98 Å². The average molecular weight is 368 g/mol. The van der Waals surface area contributed by atoms with E-state index >= 15 is 0 Å². The Morgan fingerprint density at radius 2 is 1.85 bits per heavy atom. The molecule has 1 aliphatic heterocycles. The molecule has 1 aliphatic rings. The first-order valence-corrected chi connectivity index (χ1v) is 10.2. The molecule has 3 aromatic rings. The summed E-state index contributed by atoms with van der Waals surface area (Å²) >= 11 is 1.51. The molecule has 0 bridgehead atoms. The van der Waals surface area contributed by atoms with Gasteiger partial charge in [-0.1, -0.05) is 31.5 Å². The Balaban J connectivity index is 1.62. The fraction of sp³-hybridized carbons (Fsp3) is 0.450. The SMILES string of the molecule is CCCc1cc(N2CCCN(c3nc(C)ns3)CC2)c2ccccc2n1. The molecule has 136 valence electrons. The quantitative estimate of drug-likeness (QED) is 0.696. The number of benzene rings is 1. The van der Waals surface area contributed by atoms with E-state index in [4.69, 9.17) is 4.98 Å². The van der Waals surface area contributed by atoms with E-state index in [0.717, 1.165) is 61.9 Å². The number of anilines is 2. The van der Waals surface area contributed by atoms with Crippen molar-refractivity contribution in [2.45, 2.75) is 33.1 Å². The fourth-order valence-corrected chi connectivity index (χ4v) is 4.35. The first-order chi connectivity index (χ1) is 12.7. The van der Waals surface area contributed by atoms with Crippen LogP contribution < -0.4 is 9.80 Å². The lowest BCUT2D eigenvalue weighted by atomic mass is 10.1. The molecule has 4 rings (SSSR count). The van der Waals surface area contributed by atoms with Gasteiger partial charge in [0.1, 0.15) is 5.82 Å². The van der Waals surface area contributed by atoms with Crippen molar-refractivity contribution in [2.24, 2.45) is 0 Å². The van der Waals surface area contributed by atoms with Crippen LogP contribution in [-0.4, -0.2) is 40.5 Å². The maximum atomic E-state index is 4.86. The number of hydrogen-bond donors (Lipinski definition) is 0. The lowest BCUT2D eigenvalue weighted by molar-refractivity contribution is 0.803. The summed E-state index contributed by atoms with van der Waals surface area (Å²) in [6.07, 6.45) is 3.27. The van der Waals surface area contributed by atoms with Crippen LogP contribution in [0.2, 0.25) is 0 Å². The molecule has 2 aromatic heterocycles. The first kappa shape index (κ1) is 17.2. The van der Waals surface area contributed by atoms with Crippen LogP contribution in [0, 0.1) is 6.92 Å². The average Bonchev–Trinajstić information content (AvgIpc) is 2.94. The van der Waals surface area contributed by atoms with Crippen molar-refractivity contribution in [2.75, 3.05) is 36.0 Å². The van der Waals surface area contributed by atoms with Gasteiger partial charge < -0.3 is 9.80 Å². The largest absolute Gasteiger partial charge is 0.369 e. The summed E-state index contributed by atoms with van der Waals surface area (Å²) in [4.78, 5) is 14.3. The topological polar surface area (TPSA) is 45.2 Å². The Hall–Kier alpha value is -2.21. The van der Waals surface area contributed by atoms with Gasteiger partial charge in [-0.15, -0.1) is 0 Å². The second kappa shape index (κ2) is 7.58. The molecule has 0 amide bonds. The molecule has 0 N–H and O–H groups in total. The van der Waals surface area contributed by atoms with Crippen LogP contribution in [-0.2, 0) is 6.42 Å². The predicted octanol–water partition coefficient (Wildman–Crippen LogP) is 4.06. The van der Waals surface area contributed by atoms with Gasteiger partial charge in [-0.05, 0) is 31.9 Å². The summed E-state index contributed by atoms with van der Waals surface area (Å²) < 4.78 is 4.34. The normalized spacial score (nSPS) is 15.5. The van der Waals surface area contributed by atoms with E-state index in [2.05, 4.69) is 56.4 Å². The van der Waals surface area contributed by atoms with Gasteiger partial charge in [0.05, 0.1) is 5.52 Å². The van der Waals surface area contributed by atoms with Gasteiger partial charge in [-0.2, -0.15) is 4.37 Å². The highest BCUT2D eigenvalue weighted by molar-refractivity contribution is 7.09. The molecule has 1 saturated heterocycles. The van der Waals surface area contributed by atoms with Crippen LogP contribution in [0.3, 0.4) is 0 Å². The summed E-state index contributed by atoms with van der Waals surface area (Å²) in [5.41, 5.74) is 3.63. The number of aryl methyl sites for hydroxylation is 2. The van der Waals surface area contributed by atoms with E-state index < -0.39 is 0 Å². The van der Waals surface area contributed by atoms with E-state index in [1.807, 2.05) is 6.92 Å². The van der Waals surface area contributed by atoms with Gasteiger partial charge >= 0.3 is 0 Å². The molecule has 0 radical (unpaired) electrons. The molecule has 0 saturated carbocycles. The van der Waals surface area contributed by atoms with Gasteiger partial charge in [-0.25, -0.2) is 4.98 Å². The van der Waals surface area contributed by atoms with Crippen LogP contribution in [0.15, 0.2) is 30.3 Å². The van der Waals surface area contributed by atoms with Crippen LogP contribution in [0.5, 0.6) is 0 Å². The molecule has 3 heterocycles. The summed E-state index contributed by atoms with van der Waals surface area (Å²) in [6.45, 7) is 8.25. The highest BCUT2D eigenvalue weighted by atomic mass is 32.1. The zero-order valence-electron chi connectivity index (χ0n) is 15.5. The van der Waals surface area contributed by atoms with Crippen molar-refractivity contribution in [1.29, 1.82) is 0 Å². The third-order valence-electron chi connectivity index (χ3n) is 4.88. The molecule has 0 aliphatic carbocycles. The Morgan fingerprint density at radius 3 is 2.65 bits per heavy atom. The van der Waals surface area contributed by atoms with E-state index in [9.17, 15) is 0 Å². The van der Waals surface area contributed by atoms with Crippen LogP contribution in [0.25, 0.3) is 10.9 Å². The second-order valence-corrected chi connectivity index (χ2v) is 7.58. The molecule has 26 heavy (non-hydrogen) atoms. The van der Waals surface area contributed by atoms with Crippen LogP contribution >= 0.6 is 11.5 Å². The molecule has 0 spiro atoms. The van der Waals surface area contributed by atoms with Gasteiger partial charge in [0.15, 0.2) is 0 Å². The van der Waals surface area contributed by atoms with Gasteiger partial charge in [0.2, 0.25) is 5.13 Å². The van der Waals surface area contributed by atoms with Crippen molar-refractivity contribution in [3.8, 4) is 0 Å². The number of hydrogen-bond acceptors (Lipinski definition) is 6. The molecule has 1 aromatic carbocycles. The summed E-state index contributed by atoms with van der Waals surface area (Å²) in [5.74, 6) is 0.871. The maximum absolute atomic E-state index is 4.86. The lowest BCUT2D eigenvalue weighted by Crippen LogP contribution is -2.30. The highest BCUT2D eigenvalue weighted by Gasteiger charge is 2.20. The van der Waals surface area contributed by atoms with E-state index in [1.54, 1.807) is 0 Å². The Morgan fingerprint density at radius 1 is 1.04 bits per heavy atom. The minimum atomic E-state index is 0.871. The first-order valence-electron chi connectivity index (χ1n) is 9.43. The van der Waals surface area contributed by atoms with Crippen molar-refractivity contribution in [3.63, 3.8) is 0 Å². The maximum Gasteiger partial charge on any atom is 0.205 e. The Labute approximate surface area is 158 Å². The smallest absolute Gasteiger partial charge is 0.205 e. The minimum Gasteiger partial charge on any atom is -0.369 e. The zero-order valence-corrected chi connectivity index (χ0v) is 16.3. The van der Waals surface area contributed by atoms with Gasteiger partial charge in [0, 0.05) is 54.5 Å². The summed E-state index contributed by atoms with van der Waals surface area (Å²) in [6, 6.07) is 10.8. The Bertz CT molecular complexity index is 891. The number of rotatable bonds is 4. The standard InChI is InChI=1S/C20H25N5S/c1-3-7-16-14-19(17-8-4-5-9-18(17)22-16)24-10-6-11-25(13-12-24)20-21-15(2)23-26-20/h4-5,8-9,14H,3,6-7,10-13H2,1-2H3. The zero-order chi connectivity index (χ0) is 17.9. The number of para-hydroxylation sites is 1. The molecular formula is C20H25N5S. The highest BCUT2D eigenvalue weighted by Crippen LogP contribution is 2.29. The minimum absolute atomic E-state index is 0.871. The lowest BCUT2D eigenvalue weighted by Gasteiger charge is -2.25. The van der Waals surface area contributed by atoms with E-state index in [0.29, 0.717) is 0 Å². The van der Waals surface area contributed by atoms with Crippen LogP contribution in [0.4, 0.5) is 10.8 Å². The number of fused-ring (bicyclic) bond motifs is 1. The third-order valence-corrected chi connectivity index (χ3v) is 5.75. The number of nitrogens with zero attached hydrogens (tertiary/aromatic N) is 5. The predicted molar refractivity (Wildman–Crippen MR) is 109 cm³/mol. The second-order valence-electron chi connectivity index (χ2n) is 6.85. The monoisotopic (exact) mass is 367 g/mol. The number of aromatic nitrogens is 3. The third kappa shape index (κ3) is 3.51. The van der Waals surface area contributed by atoms with E-state index in [-0.39, 0.29) is 0 Å². The van der Waals surface area contributed by atoms with Crippen molar-refractivity contribution < 1.29 is 0 Å². The van der Waals surface area contributed by atoms with Crippen molar-refractivity contribution in [3.05, 3.63) is 41.9 Å². The van der Waals surface area contributed by atoms with Crippen LogP contribution in [0.1, 0.15) is 31.3 Å². The van der Waals surface area contributed by atoms with Crippen molar-refractivity contribution >= 4 is 33.3 Å². The fourth-order valence-electron chi connectivity index (χ4n) is 3.62. The van der Waals surface area contributed by atoms with Gasteiger partial charge in [0.25, 0.3) is 0 Å². The molecular weight excluding hydrogens is 342 g/mol. The summed E-state index contributed by atoms with van der Waals surface area (Å²) in [5, 5.41) is 2.31.